The van der Waals surface area contributed by atoms with Gasteiger partial charge in [0.2, 0.25) is 0 Å². The third-order valence-electron chi connectivity index (χ3n) is 4.44. The molecule has 26 heavy (non-hydrogen) atoms. The number of hydrogen-bond donors (Lipinski definition) is 0. The molecule has 0 saturated carbocycles. The molecule has 1 unspecified atom stereocenters. The topological polar surface area (TPSA) is 29.5 Å². The van der Waals surface area contributed by atoms with Crippen LogP contribution in [0.15, 0.2) is 42.5 Å². The van der Waals surface area contributed by atoms with E-state index in [0.717, 1.165) is 52.5 Å². The normalized spacial score (nSPS) is 11.8. The van der Waals surface area contributed by atoms with Crippen molar-refractivity contribution in [3.63, 3.8) is 0 Å². The molecule has 0 aromatic heterocycles. The van der Waals surface area contributed by atoms with Crippen LogP contribution in [-0.4, -0.2) is 37.1 Å². The summed E-state index contributed by atoms with van der Waals surface area (Å²) >= 11 is 7.07. The molecule has 1 atom stereocenters. The van der Waals surface area contributed by atoms with Crippen molar-refractivity contribution in [2.75, 3.05) is 35.8 Å². The van der Waals surface area contributed by atoms with Crippen LogP contribution in [0.4, 0.5) is 5.69 Å². The molecule has 0 N–H and O–H groups in total. The fourth-order valence-electron chi connectivity index (χ4n) is 3.18. The van der Waals surface area contributed by atoms with Crippen molar-refractivity contribution in [3.8, 4) is 5.75 Å². The minimum Gasteiger partial charge on any atom is -0.496 e. The molecule has 0 radical (unpaired) electrons. The Morgan fingerprint density at radius 1 is 1.12 bits per heavy atom. The smallest absolute Gasteiger partial charge is 0.122 e. The number of benzene rings is 2. The lowest BCUT2D eigenvalue weighted by Crippen LogP contribution is -2.27. The number of carbonyl (C=O) groups excluding carboxylic acids is 1. The molecule has 5 heteroatoms. The van der Waals surface area contributed by atoms with Gasteiger partial charge in [0.25, 0.3) is 0 Å². The fraction of sp³-hybridized carbons (Fsp3) is 0.381. The van der Waals surface area contributed by atoms with E-state index in [2.05, 4.69) is 74.0 Å². The van der Waals surface area contributed by atoms with Crippen molar-refractivity contribution in [3.05, 3.63) is 59.2 Å². The summed E-state index contributed by atoms with van der Waals surface area (Å²) in [5, 5.41) is 1.82. The molecule has 0 saturated heterocycles. The van der Waals surface area contributed by atoms with Gasteiger partial charge < -0.3 is 14.4 Å². The van der Waals surface area contributed by atoms with Crippen LogP contribution in [0.25, 0.3) is 0 Å². The Hall–Kier alpha value is -1.33. The number of aryl methyl sites for hydroxylation is 1. The Morgan fingerprint density at radius 3 is 2.46 bits per heavy atom. The monoisotopic (exact) mass is 481 g/mol. The highest BCUT2D eigenvalue weighted by Gasteiger charge is 2.19. The third-order valence-corrected chi connectivity index (χ3v) is 5.15. The molecule has 2 aromatic rings. The highest BCUT2D eigenvalue weighted by Crippen LogP contribution is 2.36. The molecular formula is C21H25Br2NO2. The van der Waals surface area contributed by atoms with Crippen LogP contribution in [0.5, 0.6) is 5.75 Å². The van der Waals surface area contributed by atoms with E-state index in [0.29, 0.717) is 6.42 Å². The Bertz CT molecular complexity index is 715. The molecule has 2 aromatic carbocycles. The minimum atomic E-state index is -0.0166. The van der Waals surface area contributed by atoms with Gasteiger partial charge in [0.15, 0.2) is 0 Å². The zero-order chi connectivity index (χ0) is 18.9. The van der Waals surface area contributed by atoms with Crippen molar-refractivity contribution in [1.82, 2.24) is 0 Å². The summed E-state index contributed by atoms with van der Waals surface area (Å²) < 4.78 is 5.57. The number of carbonyl (C=O) groups is 1. The van der Waals surface area contributed by atoms with E-state index in [-0.39, 0.29) is 5.92 Å². The van der Waals surface area contributed by atoms with Crippen molar-refractivity contribution in [2.45, 2.75) is 19.3 Å². The number of alkyl halides is 2. The zero-order valence-electron chi connectivity index (χ0n) is 15.3. The van der Waals surface area contributed by atoms with Gasteiger partial charge >= 0.3 is 0 Å². The van der Waals surface area contributed by atoms with E-state index in [9.17, 15) is 4.79 Å². The van der Waals surface area contributed by atoms with Gasteiger partial charge in [-0.25, -0.2) is 0 Å². The number of halogens is 2. The molecule has 0 spiro atoms. The summed E-state index contributed by atoms with van der Waals surface area (Å²) in [6, 6.07) is 14.6. The van der Waals surface area contributed by atoms with E-state index < -0.39 is 0 Å². The number of rotatable bonds is 10. The van der Waals surface area contributed by atoms with Crippen molar-refractivity contribution >= 4 is 43.8 Å². The number of aldehydes is 1. The summed E-state index contributed by atoms with van der Waals surface area (Å²) in [5.41, 5.74) is 4.52. The van der Waals surface area contributed by atoms with E-state index in [4.69, 9.17) is 4.74 Å². The van der Waals surface area contributed by atoms with E-state index >= 15 is 0 Å². The first-order valence-corrected chi connectivity index (χ1v) is 10.9. The Labute approximate surface area is 173 Å². The van der Waals surface area contributed by atoms with E-state index in [1.54, 1.807) is 7.11 Å². The van der Waals surface area contributed by atoms with Gasteiger partial charge in [0.1, 0.15) is 12.0 Å². The molecule has 0 heterocycles. The molecule has 3 nitrogen and oxygen atoms in total. The van der Waals surface area contributed by atoms with Gasteiger partial charge in [-0.3, -0.25) is 0 Å². The van der Waals surface area contributed by atoms with Crippen LogP contribution in [0.3, 0.4) is 0 Å². The second-order valence-electron chi connectivity index (χ2n) is 6.16. The summed E-state index contributed by atoms with van der Waals surface area (Å²) in [4.78, 5) is 13.7. The standard InChI is InChI=1S/C21H25Br2NO2/c1-16-6-7-21(26-2)20(14-16)19(8-13-25)17-4-3-5-18(15-17)24(11-9-22)12-10-23/h3-7,13-15,19H,8-12H2,1-2H3. The average molecular weight is 483 g/mol. The maximum Gasteiger partial charge on any atom is 0.122 e. The van der Waals surface area contributed by atoms with Crippen LogP contribution < -0.4 is 9.64 Å². The molecule has 0 aliphatic rings. The number of methoxy groups -OCH3 is 1. The van der Waals surface area contributed by atoms with E-state index in [1.165, 1.54) is 5.69 Å². The van der Waals surface area contributed by atoms with Crippen LogP contribution in [0, 0.1) is 6.92 Å². The first kappa shape index (κ1) is 21.0. The summed E-state index contributed by atoms with van der Waals surface area (Å²) in [5.74, 6) is 0.808. The lowest BCUT2D eigenvalue weighted by Gasteiger charge is -2.25. The average Bonchev–Trinajstić information content (AvgIpc) is 2.66. The highest BCUT2D eigenvalue weighted by molar-refractivity contribution is 9.09. The molecule has 140 valence electrons. The first-order chi connectivity index (χ1) is 12.6. The van der Waals surface area contributed by atoms with Gasteiger partial charge in [-0.1, -0.05) is 61.7 Å². The predicted octanol–water partition coefficient (Wildman–Crippen LogP) is 5.32. The minimum absolute atomic E-state index is 0.0166. The van der Waals surface area contributed by atoms with Crippen molar-refractivity contribution in [2.24, 2.45) is 0 Å². The molecule has 0 amide bonds. The summed E-state index contributed by atoms with van der Waals surface area (Å²) in [7, 11) is 1.68. The SMILES string of the molecule is COc1ccc(C)cc1C(CC=O)c1cccc(N(CCBr)CCBr)c1. The second-order valence-corrected chi connectivity index (χ2v) is 7.75. The van der Waals surface area contributed by atoms with Crippen LogP contribution in [-0.2, 0) is 4.79 Å². The maximum atomic E-state index is 11.4. The number of ether oxygens (including phenoxy) is 1. The first-order valence-electron chi connectivity index (χ1n) is 8.69. The molecule has 0 bridgehead atoms. The lowest BCUT2D eigenvalue weighted by atomic mass is 9.87. The van der Waals surface area contributed by atoms with Gasteiger partial charge in [-0.05, 0) is 30.7 Å². The Kier molecular flexibility index (Phi) is 8.66. The van der Waals surface area contributed by atoms with Crippen molar-refractivity contribution < 1.29 is 9.53 Å². The number of nitrogens with zero attached hydrogens (tertiary/aromatic N) is 1. The molecule has 0 aliphatic heterocycles. The lowest BCUT2D eigenvalue weighted by molar-refractivity contribution is -0.108. The predicted molar refractivity (Wildman–Crippen MR) is 116 cm³/mol. The second kappa shape index (κ2) is 10.7. The van der Waals surface area contributed by atoms with Crippen LogP contribution >= 0.6 is 31.9 Å². The van der Waals surface area contributed by atoms with Gasteiger partial charge in [0, 0.05) is 47.3 Å². The fourth-order valence-corrected chi connectivity index (χ4v) is 4.03. The summed E-state index contributed by atoms with van der Waals surface area (Å²) in [6.07, 6.45) is 1.42. The van der Waals surface area contributed by atoms with Crippen LogP contribution in [0.2, 0.25) is 0 Å². The third kappa shape index (κ3) is 5.34. The molecule has 0 fully saturated rings. The maximum absolute atomic E-state index is 11.4. The van der Waals surface area contributed by atoms with Crippen LogP contribution in [0.1, 0.15) is 29.0 Å². The Morgan fingerprint density at radius 2 is 1.85 bits per heavy atom. The molecule has 0 aliphatic carbocycles. The Balaban J connectivity index is 2.46. The molecular weight excluding hydrogens is 458 g/mol. The highest BCUT2D eigenvalue weighted by atomic mass is 79.9. The van der Waals surface area contributed by atoms with Gasteiger partial charge in [-0.15, -0.1) is 0 Å². The largest absolute Gasteiger partial charge is 0.496 e. The number of hydrogen-bond acceptors (Lipinski definition) is 3. The van der Waals surface area contributed by atoms with E-state index in [1.807, 2.05) is 12.1 Å². The molecule has 2 rings (SSSR count). The number of anilines is 1. The zero-order valence-corrected chi connectivity index (χ0v) is 18.4. The van der Waals surface area contributed by atoms with Gasteiger partial charge in [-0.2, -0.15) is 0 Å². The van der Waals surface area contributed by atoms with Gasteiger partial charge in [0.05, 0.1) is 7.11 Å². The van der Waals surface area contributed by atoms with Crippen molar-refractivity contribution in [1.29, 1.82) is 0 Å². The summed E-state index contributed by atoms with van der Waals surface area (Å²) in [6.45, 7) is 3.92. The quantitative estimate of drug-likeness (QED) is 0.339.